The maximum atomic E-state index is 12.5. The van der Waals surface area contributed by atoms with Crippen LogP contribution in [-0.4, -0.2) is 29.4 Å². The fraction of sp³-hybridized carbons (Fsp3) is 0.214. The van der Waals surface area contributed by atoms with Crippen molar-refractivity contribution < 1.29 is 13.5 Å². The van der Waals surface area contributed by atoms with E-state index in [0.717, 1.165) is 5.56 Å². The predicted molar refractivity (Wildman–Crippen MR) is 75.6 cm³/mol. The van der Waals surface area contributed by atoms with E-state index >= 15 is 0 Å². The molecule has 0 saturated carbocycles. The highest BCUT2D eigenvalue weighted by Gasteiger charge is 2.23. The van der Waals surface area contributed by atoms with Gasteiger partial charge < -0.3 is 5.11 Å². The van der Waals surface area contributed by atoms with Crippen LogP contribution in [0.25, 0.3) is 0 Å². The van der Waals surface area contributed by atoms with Crippen molar-refractivity contribution in [2.45, 2.75) is 18.4 Å². The fourth-order valence-corrected chi connectivity index (χ4v) is 3.26. The Morgan fingerprint density at radius 1 is 1.10 bits per heavy atom. The van der Waals surface area contributed by atoms with Gasteiger partial charge in [0.25, 0.3) is 0 Å². The topological polar surface area (TPSA) is 70.5 Å². The van der Waals surface area contributed by atoms with E-state index in [1.807, 2.05) is 0 Å². The third-order valence-corrected chi connectivity index (χ3v) is 4.87. The van der Waals surface area contributed by atoms with Crippen LogP contribution in [0.5, 0.6) is 5.75 Å². The van der Waals surface area contributed by atoms with Crippen molar-refractivity contribution in [1.82, 2.24) is 9.29 Å². The van der Waals surface area contributed by atoms with Gasteiger partial charge in [-0.1, -0.05) is 6.92 Å². The van der Waals surface area contributed by atoms with Crippen LogP contribution in [0.2, 0.25) is 0 Å². The lowest BCUT2D eigenvalue weighted by molar-refractivity contribution is 0.423. The molecule has 0 aliphatic carbocycles. The summed E-state index contributed by atoms with van der Waals surface area (Å²) >= 11 is 0. The molecule has 0 atom stereocenters. The first kappa shape index (κ1) is 14.5. The van der Waals surface area contributed by atoms with Crippen LogP contribution in [0.4, 0.5) is 0 Å². The van der Waals surface area contributed by atoms with E-state index in [9.17, 15) is 13.5 Å². The third-order valence-electron chi connectivity index (χ3n) is 2.94. The minimum absolute atomic E-state index is 0.0427. The number of hydrogen-bond acceptors (Lipinski definition) is 4. The number of aromatic hydroxyl groups is 1. The van der Waals surface area contributed by atoms with E-state index < -0.39 is 10.0 Å². The summed E-state index contributed by atoms with van der Waals surface area (Å²) in [4.78, 5) is 4.09. The molecule has 5 nitrogen and oxygen atoms in total. The molecule has 2 aromatic rings. The van der Waals surface area contributed by atoms with Crippen LogP contribution in [0.3, 0.4) is 0 Å². The lowest BCUT2D eigenvalue weighted by atomic mass is 10.3. The summed E-state index contributed by atoms with van der Waals surface area (Å²) < 4.78 is 26.4. The molecular weight excluding hydrogens is 276 g/mol. The average molecular weight is 292 g/mol. The number of hydrogen-bond donors (Lipinski definition) is 1. The Morgan fingerprint density at radius 3 is 2.25 bits per heavy atom. The van der Waals surface area contributed by atoms with Crippen molar-refractivity contribution in [2.24, 2.45) is 0 Å². The van der Waals surface area contributed by atoms with Crippen molar-refractivity contribution in [3.63, 3.8) is 0 Å². The monoisotopic (exact) mass is 292 g/mol. The molecule has 1 aromatic carbocycles. The zero-order valence-electron chi connectivity index (χ0n) is 11.1. The quantitative estimate of drug-likeness (QED) is 0.915. The molecule has 0 amide bonds. The Kier molecular flexibility index (Phi) is 4.36. The Morgan fingerprint density at radius 2 is 1.70 bits per heavy atom. The Bertz CT molecular complexity index is 655. The zero-order valence-corrected chi connectivity index (χ0v) is 11.9. The fourth-order valence-electron chi connectivity index (χ4n) is 1.83. The minimum Gasteiger partial charge on any atom is -0.508 e. The Labute approximate surface area is 118 Å². The van der Waals surface area contributed by atoms with Gasteiger partial charge in [0.05, 0.1) is 4.90 Å². The SMILES string of the molecule is CCN(Cc1ccncc1)S(=O)(=O)c1ccc(O)cc1. The molecule has 0 unspecified atom stereocenters. The summed E-state index contributed by atoms with van der Waals surface area (Å²) in [5.41, 5.74) is 0.879. The zero-order chi connectivity index (χ0) is 14.6. The first-order valence-corrected chi connectivity index (χ1v) is 7.66. The summed E-state index contributed by atoms with van der Waals surface area (Å²) in [5, 5.41) is 9.24. The number of sulfonamides is 1. The number of pyridine rings is 1. The second-order valence-corrected chi connectivity index (χ2v) is 6.22. The van der Waals surface area contributed by atoms with Crippen LogP contribution in [0.1, 0.15) is 12.5 Å². The molecule has 6 heteroatoms. The van der Waals surface area contributed by atoms with Gasteiger partial charge in [-0.2, -0.15) is 4.31 Å². The third kappa shape index (κ3) is 3.15. The van der Waals surface area contributed by atoms with Crippen LogP contribution in [0.15, 0.2) is 53.7 Å². The van der Waals surface area contributed by atoms with Gasteiger partial charge in [-0.3, -0.25) is 4.98 Å². The van der Waals surface area contributed by atoms with Gasteiger partial charge in [-0.05, 0) is 42.0 Å². The number of nitrogens with zero attached hydrogens (tertiary/aromatic N) is 2. The number of aromatic nitrogens is 1. The van der Waals surface area contributed by atoms with Gasteiger partial charge >= 0.3 is 0 Å². The van der Waals surface area contributed by atoms with Crippen LogP contribution >= 0.6 is 0 Å². The molecular formula is C14H16N2O3S. The lowest BCUT2D eigenvalue weighted by Crippen LogP contribution is -2.30. The molecule has 0 aliphatic rings. The lowest BCUT2D eigenvalue weighted by Gasteiger charge is -2.20. The van der Waals surface area contributed by atoms with Gasteiger partial charge in [0.1, 0.15) is 5.75 Å². The molecule has 1 N–H and O–H groups in total. The van der Waals surface area contributed by atoms with E-state index in [4.69, 9.17) is 0 Å². The summed E-state index contributed by atoms with van der Waals surface area (Å²) in [7, 11) is -3.56. The smallest absolute Gasteiger partial charge is 0.243 e. The summed E-state index contributed by atoms with van der Waals surface area (Å²) in [6, 6.07) is 9.12. The highest BCUT2D eigenvalue weighted by Crippen LogP contribution is 2.20. The molecule has 20 heavy (non-hydrogen) atoms. The standard InChI is InChI=1S/C14H16N2O3S/c1-2-16(11-12-7-9-15-10-8-12)20(18,19)14-5-3-13(17)4-6-14/h3-10,17H,2,11H2,1H3. The molecule has 106 valence electrons. The number of benzene rings is 1. The van der Waals surface area contributed by atoms with Gasteiger partial charge in [-0.15, -0.1) is 0 Å². The molecule has 0 saturated heterocycles. The van der Waals surface area contributed by atoms with Gasteiger partial charge in [0, 0.05) is 25.5 Å². The van der Waals surface area contributed by atoms with E-state index in [0.29, 0.717) is 13.1 Å². The summed E-state index contributed by atoms with van der Waals surface area (Å²) in [6.07, 6.45) is 3.27. The normalized spacial score (nSPS) is 11.7. The molecule has 1 aromatic heterocycles. The van der Waals surface area contributed by atoms with Crippen molar-refractivity contribution in [3.05, 3.63) is 54.4 Å². The van der Waals surface area contributed by atoms with E-state index in [-0.39, 0.29) is 10.6 Å². The van der Waals surface area contributed by atoms with Crippen molar-refractivity contribution in [2.75, 3.05) is 6.54 Å². The highest BCUT2D eigenvalue weighted by atomic mass is 32.2. The van der Waals surface area contributed by atoms with Crippen LogP contribution in [-0.2, 0) is 16.6 Å². The summed E-state index contributed by atoms with van der Waals surface area (Å²) in [5.74, 6) is 0.0427. The second-order valence-electron chi connectivity index (χ2n) is 4.28. The maximum absolute atomic E-state index is 12.5. The maximum Gasteiger partial charge on any atom is 0.243 e. The molecule has 0 fully saturated rings. The first-order chi connectivity index (χ1) is 9.54. The molecule has 1 heterocycles. The highest BCUT2D eigenvalue weighted by molar-refractivity contribution is 7.89. The molecule has 0 aliphatic heterocycles. The Hall–Kier alpha value is -1.92. The first-order valence-electron chi connectivity index (χ1n) is 6.22. The molecule has 2 rings (SSSR count). The minimum atomic E-state index is -3.56. The summed E-state index contributed by atoms with van der Waals surface area (Å²) in [6.45, 7) is 2.45. The van der Waals surface area contributed by atoms with E-state index in [1.165, 1.54) is 28.6 Å². The van der Waals surface area contributed by atoms with Gasteiger partial charge in [-0.25, -0.2) is 8.42 Å². The Balaban J connectivity index is 2.28. The van der Waals surface area contributed by atoms with Crippen LogP contribution < -0.4 is 0 Å². The van der Waals surface area contributed by atoms with Crippen molar-refractivity contribution in [1.29, 1.82) is 0 Å². The number of phenolic OH excluding ortho intramolecular Hbond substituents is 1. The molecule has 0 bridgehead atoms. The largest absolute Gasteiger partial charge is 0.508 e. The second kappa shape index (κ2) is 6.02. The number of phenols is 1. The van der Waals surface area contributed by atoms with Crippen LogP contribution in [0, 0.1) is 0 Å². The van der Waals surface area contributed by atoms with E-state index in [1.54, 1.807) is 31.5 Å². The van der Waals surface area contributed by atoms with Crippen molar-refractivity contribution >= 4 is 10.0 Å². The predicted octanol–water partition coefficient (Wildman–Crippen LogP) is 2.00. The van der Waals surface area contributed by atoms with Gasteiger partial charge in [0.15, 0.2) is 0 Å². The number of rotatable bonds is 5. The van der Waals surface area contributed by atoms with Gasteiger partial charge in [0.2, 0.25) is 10.0 Å². The molecule has 0 spiro atoms. The van der Waals surface area contributed by atoms with Crippen molar-refractivity contribution in [3.8, 4) is 5.75 Å². The molecule has 0 radical (unpaired) electrons. The average Bonchev–Trinajstić information content (AvgIpc) is 2.46. The van der Waals surface area contributed by atoms with E-state index in [2.05, 4.69) is 4.98 Å².